The molecule has 184 valence electrons. The third-order valence-corrected chi connectivity index (χ3v) is 8.04. The van der Waals surface area contributed by atoms with Crippen molar-refractivity contribution < 1.29 is 4.79 Å². The molecule has 5 rings (SSSR count). The summed E-state index contributed by atoms with van der Waals surface area (Å²) in [4.78, 5) is 31.1. The fourth-order valence-electron chi connectivity index (χ4n) is 5.02. The Balaban J connectivity index is 1.40. The molecule has 1 N–H and O–H groups in total. The molecule has 3 heterocycles. The molecule has 35 heavy (non-hydrogen) atoms. The van der Waals surface area contributed by atoms with Gasteiger partial charge in [0.05, 0.1) is 10.9 Å². The Labute approximate surface area is 210 Å². The van der Waals surface area contributed by atoms with Crippen molar-refractivity contribution >= 4 is 17.7 Å². The Kier molecular flexibility index (Phi) is 7.37. The van der Waals surface area contributed by atoms with E-state index < -0.39 is 0 Å². The highest BCUT2D eigenvalue weighted by molar-refractivity contribution is 8.00. The normalized spacial score (nSPS) is 16.9. The van der Waals surface area contributed by atoms with Gasteiger partial charge in [-0.15, -0.1) is 5.10 Å². The van der Waals surface area contributed by atoms with Gasteiger partial charge in [0.1, 0.15) is 5.56 Å². The van der Waals surface area contributed by atoms with E-state index in [0.29, 0.717) is 17.9 Å². The van der Waals surface area contributed by atoms with E-state index in [1.165, 1.54) is 34.9 Å². The number of rotatable bonds is 7. The van der Waals surface area contributed by atoms with Gasteiger partial charge in [0.2, 0.25) is 5.91 Å². The first-order valence-electron chi connectivity index (χ1n) is 12.8. The molecule has 8 heteroatoms. The summed E-state index contributed by atoms with van der Waals surface area (Å²) in [6.07, 6.45) is 12.1. The van der Waals surface area contributed by atoms with Gasteiger partial charge in [-0.1, -0.05) is 48.0 Å². The van der Waals surface area contributed by atoms with Gasteiger partial charge >= 0.3 is 0 Å². The highest BCUT2D eigenvalue weighted by atomic mass is 32.2. The van der Waals surface area contributed by atoms with Crippen molar-refractivity contribution in [3.05, 3.63) is 58.0 Å². The Hall–Kier alpha value is -2.87. The minimum absolute atomic E-state index is 0.0237. The number of thioether (sulfide) groups is 1. The van der Waals surface area contributed by atoms with Crippen LogP contribution < -0.4 is 10.9 Å². The number of allylic oxidation sites excluding steroid dienone is 1. The second-order valence-corrected chi connectivity index (χ2v) is 10.8. The fourth-order valence-corrected chi connectivity index (χ4v) is 6.00. The number of carbonyl (C=O) groups is 1. The summed E-state index contributed by atoms with van der Waals surface area (Å²) in [6, 6.07) is 9.48. The first kappa shape index (κ1) is 23.9. The van der Waals surface area contributed by atoms with Gasteiger partial charge < -0.3 is 9.88 Å². The third-order valence-electron chi connectivity index (χ3n) is 6.95. The maximum absolute atomic E-state index is 13.4. The van der Waals surface area contributed by atoms with Crippen LogP contribution in [0.4, 0.5) is 0 Å². The number of hydrogen-bond donors (Lipinski definition) is 1. The summed E-state index contributed by atoms with van der Waals surface area (Å²) in [6.45, 7) is 3.41. The number of aromatic nitrogens is 4. The zero-order valence-electron chi connectivity index (χ0n) is 20.3. The Morgan fingerprint density at radius 1 is 1.11 bits per heavy atom. The topological polar surface area (TPSA) is 81.8 Å². The highest BCUT2D eigenvalue weighted by Crippen LogP contribution is 2.32. The van der Waals surface area contributed by atoms with Crippen LogP contribution in [-0.2, 0) is 17.8 Å². The SMILES string of the molecule is CC(Sc1nc2nn(-c3ccccc3)c(=O)c-2c2n1CCCCC2)C(=O)NCCC1=CCCCC1. The molecular formula is C27H33N5O2S. The first-order chi connectivity index (χ1) is 17.1. The molecule has 7 nitrogen and oxygen atoms in total. The summed E-state index contributed by atoms with van der Waals surface area (Å²) in [5, 5.41) is 8.18. The van der Waals surface area contributed by atoms with Crippen molar-refractivity contribution in [3.63, 3.8) is 0 Å². The Morgan fingerprint density at radius 2 is 1.94 bits per heavy atom. The molecule has 1 unspecified atom stereocenters. The lowest BCUT2D eigenvalue weighted by Crippen LogP contribution is -2.32. The monoisotopic (exact) mass is 491 g/mol. The van der Waals surface area contributed by atoms with Crippen LogP contribution >= 0.6 is 11.8 Å². The third kappa shape index (κ3) is 5.22. The van der Waals surface area contributed by atoms with Crippen molar-refractivity contribution in [1.29, 1.82) is 0 Å². The molecule has 0 radical (unpaired) electrons. The van der Waals surface area contributed by atoms with E-state index in [1.54, 1.807) is 0 Å². The number of para-hydroxylation sites is 1. The van der Waals surface area contributed by atoms with Crippen molar-refractivity contribution in [2.45, 2.75) is 81.7 Å². The van der Waals surface area contributed by atoms with E-state index in [4.69, 9.17) is 4.98 Å². The molecular weight excluding hydrogens is 458 g/mol. The van der Waals surface area contributed by atoms with Gasteiger partial charge in [0, 0.05) is 18.8 Å². The quantitative estimate of drug-likeness (QED) is 0.293. The van der Waals surface area contributed by atoms with Crippen LogP contribution in [0.15, 0.2) is 51.9 Å². The van der Waals surface area contributed by atoms with E-state index in [1.807, 2.05) is 37.3 Å². The molecule has 0 bridgehead atoms. The molecule has 4 aliphatic rings. The van der Waals surface area contributed by atoms with E-state index >= 15 is 0 Å². The summed E-state index contributed by atoms with van der Waals surface area (Å²) < 4.78 is 3.61. The average molecular weight is 492 g/mol. The summed E-state index contributed by atoms with van der Waals surface area (Å²) >= 11 is 1.46. The van der Waals surface area contributed by atoms with Crippen molar-refractivity contribution in [1.82, 2.24) is 24.6 Å². The van der Waals surface area contributed by atoms with Crippen LogP contribution in [0.2, 0.25) is 0 Å². The van der Waals surface area contributed by atoms with Gasteiger partial charge in [-0.2, -0.15) is 4.68 Å². The lowest BCUT2D eigenvalue weighted by molar-refractivity contribution is -0.120. The molecule has 0 fully saturated rings. The number of benzene rings is 1. The standard InChI is InChI=1S/C27H33N5O2S/c1-19(25(33)28-17-16-20-11-5-2-6-12-20)35-27-29-24-23(22-15-9-4-10-18-31(22)27)26(34)32(30-24)21-13-7-3-8-14-21/h3,7-8,11,13-14,19H,2,4-6,9-10,12,15-18H2,1H3,(H,28,33). The van der Waals surface area contributed by atoms with Gasteiger partial charge in [-0.05, 0) is 70.4 Å². The van der Waals surface area contributed by atoms with E-state index in [2.05, 4.69) is 21.1 Å². The number of nitrogens with one attached hydrogen (secondary N) is 1. The molecule has 1 amide bonds. The maximum atomic E-state index is 13.4. The van der Waals surface area contributed by atoms with Crippen LogP contribution in [0, 0.1) is 0 Å². The summed E-state index contributed by atoms with van der Waals surface area (Å²) in [5.41, 5.74) is 3.69. The minimum atomic E-state index is -0.289. The van der Waals surface area contributed by atoms with Crippen molar-refractivity contribution in [2.75, 3.05) is 6.54 Å². The number of carbonyl (C=O) groups excluding carboxylic acids is 1. The van der Waals surface area contributed by atoms with E-state index in [-0.39, 0.29) is 16.7 Å². The van der Waals surface area contributed by atoms with Crippen LogP contribution in [-0.4, -0.2) is 37.0 Å². The molecule has 1 aromatic carbocycles. The second kappa shape index (κ2) is 10.8. The van der Waals surface area contributed by atoms with Gasteiger partial charge in [-0.3, -0.25) is 9.59 Å². The summed E-state index contributed by atoms with van der Waals surface area (Å²) in [5.74, 6) is 0.488. The van der Waals surface area contributed by atoms with Crippen molar-refractivity contribution in [3.8, 4) is 17.1 Å². The van der Waals surface area contributed by atoms with Crippen LogP contribution in [0.5, 0.6) is 0 Å². The zero-order chi connectivity index (χ0) is 24.2. The average Bonchev–Trinajstić information content (AvgIpc) is 3.04. The van der Waals surface area contributed by atoms with Gasteiger partial charge in [0.15, 0.2) is 11.0 Å². The molecule has 1 atom stereocenters. The Bertz CT molecular complexity index is 1250. The minimum Gasteiger partial charge on any atom is -0.355 e. The molecule has 0 spiro atoms. The Morgan fingerprint density at radius 3 is 2.74 bits per heavy atom. The van der Waals surface area contributed by atoms with Gasteiger partial charge in [0.25, 0.3) is 5.56 Å². The molecule has 1 aliphatic carbocycles. The largest absolute Gasteiger partial charge is 0.355 e. The van der Waals surface area contributed by atoms with E-state index in [9.17, 15) is 9.59 Å². The van der Waals surface area contributed by atoms with Crippen LogP contribution in [0.1, 0.15) is 64.0 Å². The maximum Gasteiger partial charge on any atom is 0.284 e. The molecule has 0 aromatic heterocycles. The highest BCUT2D eigenvalue weighted by Gasteiger charge is 2.28. The second-order valence-electron chi connectivity index (χ2n) is 9.46. The number of nitrogens with zero attached hydrogens (tertiary/aromatic N) is 4. The van der Waals surface area contributed by atoms with Crippen LogP contribution in [0.3, 0.4) is 0 Å². The summed E-state index contributed by atoms with van der Waals surface area (Å²) in [7, 11) is 0. The lowest BCUT2D eigenvalue weighted by atomic mass is 9.97. The number of amides is 1. The zero-order valence-corrected chi connectivity index (χ0v) is 21.1. The van der Waals surface area contributed by atoms with E-state index in [0.717, 1.165) is 68.0 Å². The van der Waals surface area contributed by atoms with Crippen molar-refractivity contribution in [2.24, 2.45) is 0 Å². The molecule has 1 aromatic rings. The molecule has 0 saturated heterocycles. The predicted molar refractivity (Wildman–Crippen MR) is 139 cm³/mol. The fraction of sp³-hybridized carbons (Fsp3) is 0.481. The number of fused-ring (bicyclic) bond motifs is 3. The first-order valence-corrected chi connectivity index (χ1v) is 13.7. The lowest BCUT2D eigenvalue weighted by Gasteiger charge is -2.20. The molecule has 0 saturated carbocycles. The smallest absolute Gasteiger partial charge is 0.284 e. The molecule has 3 aliphatic heterocycles. The predicted octanol–water partition coefficient (Wildman–Crippen LogP) is 4.75. The van der Waals surface area contributed by atoms with Crippen LogP contribution in [0.25, 0.3) is 17.1 Å². The number of hydrogen-bond acceptors (Lipinski definition) is 5. The van der Waals surface area contributed by atoms with Gasteiger partial charge in [-0.25, -0.2) is 4.98 Å².